The molecule has 1 atom stereocenters. The Kier molecular flexibility index (Phi) is 1.87. The van der Waals surface area contributed by atoms with Gasteiger partial charge in [-0.3, -0.25) is 0 Å². The molecule has 0 saturated heterocycles. The molecule has 0 radical (unpaired) electrons. The molecule has 0 aliphatic heterocycles. The van der Waals surface area contributed by atoms with E-state index < -0.39 is 6.10 Å². The number of aliphatic hydroxyl groups excluding tert-OH is 1. The average Bonchev–Trinajstić information content (AvgIpc) is 2.37. The summed E-state index contributed by atoms with van der Waals surface area (Å²) in [7, 11) is 0. The first-order chi connectivity index (χ1) is 4.34. The van der Waals surface area contributed by atoms with Crippen LogP contribution in [0.4, 0.5) is 0 Å². The summed E-state index contributed by atoms with van der Waals surface area (Å²) in [5.74, 6) is 0.525. The zero-order chi connectivity index (χ0) is 6.69. The van der Waals surface area contributed by atoms with Gasteiger partial charge in [0.1, 0.15) is 11.9 Å². The van der Waals surface area contributed by atoms with Gasteiger partial charge in [-0.05, 0) is 12.1 Å². The van der Waals surface area contributed by atoms with Gasteiger partial charge in [-0.2, -0.15) is 0 Å². The molecule has 9 heavy (non-hydrogen) atoms. The molecule has 3 nitrogen and oxygen atoms in total. The van der Waals surface area contributed by atoms with E-state index in [1.165, 1.54) is 6.26 Å². The zero-order valence-electron chi connectivity index (χ0n) is 4.95. The Labute approximate surface area is 53.1 Å². The van der Waals surface area contributed by atoms with Crippen LogP contribution in [0, 0.1) is 0 Å². The highest BCUT2D eigenvalue weighted by atomic mass is 16.4. The van der Waals surface area contributed by atoms with E-state index in [4.69, 9.17) is 15.3 Å². The third-order valence-electron chi connectivity index (χ3n) is 1.09. The Balaban J connectivity index is 2.65. The van der Waals surface area contributed by atoms with E-state index in [-0.39, 0.29) is 6.54 Å². The van der Waals surface area contributed by atoms with E-state index >= 15 is 0 Å². The van der Waals surface area contributed by atoms with Crippen LogP contribution in [-0.4, -0.2) is 11.7 Å². The van der Waals surface area contributed by atoms with E-state index in [2.05, 4.69) is 0 Å². The average molecular weight is 127 g/mol. The molecule has 1 aromatic rings. The van der Waals surface area contributed by atoms with Crippen molar-refractivity contribution in [3.05, 3.63) is 24.2 Å². The molecule has 3 N–H and O–H groups in total. The summed E-state index contributed by atoms with van der Waals surface area (Å²) < 4.78 is 4.86. The van der Waals surface area contributed by atoms with Crippen molar-refractivity contribution in [1.29, 1.82) is 0 Å². The van der Waals surface area contributed by atoms with E-state index in [1.54, 1.807) is 12.1 Å². The highest BCUT2D eigenvalue weighted by molar-refractivity contribution is 5.01. The van der Waals surface area contributed by atoms with Crippen LogP contribution in [0.5, 0.6) is 0 Å². The summed E-state index contributed by atoms with van der Waals surface area (Å²) >= 11 is 0. The summed E-state index contributed by atoms with van der Waals surface area (Å²) in [4.78, 5) is 0. The van der Waals surface area contributed by atoms with Crippen LogP contribution in [0.1, 0.15) is 11.9 Å². The zero-order valence-corrected chi connectivity index (χ0v) is 4.95. The molecule has 0 aliphatic carbocycles. The highest BCUT2D eigenvalue weighted by Gasteiger charge is 2.05. The number of nitrogens with two attached hydrogens (primary N) is 1. The molecule has 1 unspecified atom stereocenters. The van der Waals surface area contributed by atoms with Crippen LogP contribution < -0.4 is 5.73 Å². The third kappa shape index (κ3) is 1.31. The normalized spacial score (nSPS) is 13.6. The van der Waals surface area contributed by atoms with Crippen LogP contribution in [0.2, 0.25) is 0 Å². The smallest absolute Gasteiger partial charge is 0.133 e. The van der Waals surface area contributed by atoms with Crippen LogP contribution in [0.25, 0.3) is 0 Å². The number of hydrogen-bond acceptors (Lipinski definition) is 3. The van der Waals surface area contributed by atoms with Crippen molar-refractivity contribution in [2.24, 2.45) is 5.73 Å². The molecule has 0 aromatic carbocycles. The second-order valence-corrected chi connectivity index (χ2v) is 1.77. The van der Waals surface area contributed by atoms with Crippen LogP contribution in [0.3, 0.4) is 0 Å². The lowest BCUT2D eigenvalue weighted by molar-refractivity contribution is 0.158. The van der Waals surface area contributed by atoms with Crippen molar-refractivity contribution in [2.45, 2.75) is 6.10 Å². The lowest BCUT2D eigenvalue weighted by Gasteiger charge is -2.00. The molecule has 0 aliphatic rings. The Morgan fingerprint density at radius 3 is 3.00 bits per heavy atom. The van der Waals surface area contributed by atoms with Gasteiger partial charge in [-0.25, -0.2) is 0 Å². The summed E-state index contributed by atoms with van der Waals surface area (Å²) in [5, 5.41) is 9.00. The first-order valence-electron chi connectivity index (χ1n) is 2.76. The van der Waals surface area contributed by atoms with Crippen LogP contribution >= 0.6 is 0 Å². The lowest BCUT2D eigenvalue weighted by Crippen LogP contribution is -2.10. The van der Waals surface area contributed by atoms with Crippen molar-refractivity contribution in [1.82, 2.24) is 0 Å². The lowest BCUT2D eigenvalue weighted by atomic mass is 10.3. The van der Waals surface area contributed by atoms with Gasteiger partial charge in [0, 0.05) is 6.54 Å². The molecule has 0 bridgehead atoms. The topological polar surface area (TPSA) is 59.4 Å². The second-order valence-electron chi connectivity index (χ2n) is 1.77. The van der Waals surface area contributed by atoms with Gasteiger partial charge >= 0.3 is 0 Å². The molecule has 1 aromatic heterocycles. The minimum atomic E-state index is -0.653. The predicted molar refractivity (Wildman–Crippen MR) is 32.7 cm³/mol. The van der Waals surface area contributed by atoms with Crippen molar-refractivity contribution in [3.8, 4) is 0 Å². The van der Waals surface area contributed by atoms with E-state index in [1.807, 2.05) is 0 Å². The van der Waals surface area contributed by atoms with Gasteiger partial charge in [-0.15, -0.1) is 0 Å². The van der Waals surface area contributed by atoms with Crippen molar-refractivity contribution < 1.29 is 9.52 Å². The monoisotopic (exact) mass is 127 g/mol. The first kappa shape index (κ1) is 6.32. The Morgan fingerprint density at radius 1 is 1.78 bits per heavy atom. The van der Waals surface area contributed by atoms with Gasteiger partial charge < -0.3 is 15.3 Å². The third-order valence-corrected chi connectivity index (χ3v) is 1.09. The fraction of sp³-hybridized carbons (Fsp3) is 0.333. The number of furan rings is 1. The quantitative estimate of drug-likeness (QED) is 0.599. The predicted octanol–water partition coefficient (Wildman–Crippen LogP) is 0.272. The van der Waals surface area contributed by atoms with E-state index in [0.29, 0.717) is 5.76 Å². The fourth-order valence-corrected chi connectivity index (χ4v) is 0.597. The molecular formula is C6H9NO2. The number of rotatable bonds is 2. The van der Waals surface area contributed by atoms with Crippen LogP contribution in [-0.2, 0) is 0 Å². The second kappa shape index (κ2) is 2.66. The molecule has 3 heteroatoms. The van der Waals surface area contributed by atoms with Crippen molar-refractivity contribution in [2.75, 3.05) is 6.54 Å². The van der Waals surface area contributed by atoms with E-state index in [0.717, 1.165) is 0 Å². The molecular weight excluding hydrogens is 118 g/mol. The maximum Gasteiger partial charge on any atom is 0.133 e. The molecule has 0 fully saturated rings. The minimum Gasteiger partial charge on any atom is -0.467 e. The van der Waals surface area contributed by atoms with Gasteiger partial charge in [-0.1, -0.05) is 0 Å². The van der Waals surface area contributed by atoms with Gasteiger partial charge in [0.05, 0.1) is 6.26 Å². The molecule has 0 amide bonds. The molecule has 1 heterocycles. The molecule has 1 rings (SSSR count). The van der Waals surface area contributed by atoms with Gasteiger partial charge in [0.15, 0.2) is 0 Å². The maximum absolute atomic E-state index is 9.00. The Bertz CT molecular complexity index is 160. The summed E-state index contributed by atoms with van der Waals surface area (Å²) in [6.07, 6.45) is 0.855. The Hall–Kier alpha value is -0.800. The molecule has 0 saturated carbocycles. The standard InChI is InChI=1S/C6H9NO2/c7-4-5(8)6-2-1-3-9-6/h1-3,5,8H,4,7H2. The summed E-state index contributed by atoms with van der Waals surface area (Å²) in [6, 6.07) is 3.41. The minimum absolute atomic E-state index is 0.202. The van der Waals surface area contributed by atoms with Crippen molar-refractivity contribution >= 4 is 0 Å². The summed E-state index contributed by atoms with van der Waals surface area (Å²) in [5.41, 5.74) is 5.15. The number of hydrogen-bond donors (Lipinski definition) is 2. The number of aliphatic hydroxyl groups is 1. The van der Waals surface area contributed by atoms with E-state index in [9.17, 15) is 0 Å². The molecule has 50 valence electrons. The largest absolute Gasteiger partial charge is 0.467 e. The highest BCUT2D eigenvalue weighted by Crippen LogP contribution is 2.10. The van der Waals surface area contributed by atoms with Crippen molar-refractivity contribution in [3.63, 3.8) is 0 Å². The van der Waals surface area contributed by atoms with Gasteiger partial charge in [0.25, 0.3) is 0 Å². The maximum atomic E-state index is 9.00. The van der Waals surface area contributed by atoms with Gasteiger partial charge in [0.2, 0.25) is 0 Å². The van der Waals surface area contributed by atoms with Crippen LogP contribution in [0.15, 0.2) is 22.8 Å². The fourth-order valence-electron chi connectivity index (χ4n) is 0.597. The Morgan fingerprint density at radius 2 is 2.56 bits per heavy atom. The molecule has 0 spiro atoms. The first-order valence-corrected chi connectivity index (χ1v) is 2.76. The SMILES string of the molecule is NCC(O)c1ccco1. The summed E-state index contributed by atoms with van der Waals surface area (Å²) in [6.45, 7) is 0.202.